The molecule has 2 heterocycles. The van der Waals surface area contributed by atoms with E-state index in [2.05, 4.69) is 14.8 Å². The van der Waals surface area contributed by atoms with E-state index in [9.17, 15) is 23.3 Å². The summed E-state index contributed by atoms with van der Waals surface area (Å²) in [5.41, 5.74) is 0.662. The van der Waals surface area contributed by atoms with E-state index >= 15 is 0 Å². The lowest BCUT2D eigenvalue weighted by Crippen LogP contribution is -2.26. The molecular weight excluding hydrogens is 472 g/mol. The Morgan fingerprint density at radius 1 is 1.11 bits per heavy atom. The van der Waals surface area contributed by atoms with Crippen LogP contribution in [-0.4, -0.2) is 53.4 Å². The van der Waals surface area contributed by atoms with E-state index in [-0.39, 0.29) is 22.0 Å². The average molecular weight is 497 g/mol. The molecule has 1 aromatic heterocycles. The standard InChI is InChI=1S/C23H24N6O5S/c1-27-13-4-2-3-11-22(27)26-35(33,34)20-10-5-7-17(15-20)24-23(30)21-12-14-28(25-21)18-8-6-9-19(16-18)29(31)32/h5-10,12,14-16H,2-4,11,13H2,1H3,(H,24,30). The lowest BCUT2D eigenvalue weighted by Gasteiger charge is -2.17. The summed E-state index contributed by atoms with van der Waals surface area (Å²) in [5, 5.41) is 17.8. The monoisotopic (exact) mass is 496 g/mol. The fourth-order valence-corrected chi connectivity index (χ4v) is 4.84. The topological polar surface area (TPSA) is 140 Å². The quantitative estimate of drug-likeness (QED) is 0.406. The smallest absolute Gasteiger partial charge is 0.284 e. The highest BCUT2D eigenvalue weighted by molar-refractivity contribution is 7.90. The van der Waals surface area contributed by atoms with Gasteiger partial charge in [0.05, 0.1) is 15.5 Å². The Morgan fingerprint density at radius 2 is 1.91 bits per heavy atom. The molecule has 0 atom stereocenters. The Labute approximate surface area is 202 Å². The zero-order chi connectivity index (χ0) is 25.0. The first-order valence-electron chi connectivity index (χ1n) is 11.0. The zero-order valence-corrected chi connectivity index (χ0v) is 19.8. The van der Waals surface area contributed by atoms with E-state index in [4.69, 9.17) is 0 Å². The first-order chi connectivity index (χ1) is 16.7. The SMILES string of the molecule is CN1CCCCCC1=NS(=O)(=O)c1cccc(NC(=O)c2ccn(-c3cccc([N+](=O)[O-])c3)n2)c1. The minimum Gasteiger partial charge on any atom is -0.362 e. The maximum Gasteiger partial charge on any atom is 0.284 e. The molecule has 182 valence electrons. The van der Waals surface area contributed by atoms with Gasteiger partial charge in [-0.05, 0) is 43.2 Å². The molecule has 1 fully saturated rings. The van der Waals surface area contributed by atoms with Crippen LogP contribution in [0.2, 0.25) is 0 Å². The van der Waals surface area contributed by atoms with Crippen LogP contribution in [0.4, 0.5) is 11.4 Å². The van der Waals surface area contributed by atoms with Crippen LogP contribution >= 0.6 is 0 Å². The first kappa shape index (κ1) is 24.1. The number of amides is 1. The molecule has 35 heavy (non-hydrogen) atoms. The van der Waals surface area contributed by atoms with Gasteiger partial charge in [0.15, 0.2) is 5.69 Å². The van der Waals surface area contributed by atoms with Crippen molar-refractivity contribution < 1.29 is 18.1 Å². The van der Waals surface area contributed by atoms with Crippen LogP contribution in [0.15, 0.2) is 70.1 Å². The van der Waals surface area contributed by atoms with Gasteiger partial charge in [0, 0.05) is 44.0 Å². The highest BCUT2D eigenvalue weighted by Crippen LogP contribution is 2.21. The van der Waals surface area contributed by atoms with E-state index in [0.717, 1.165) is 25.8 Å². The average Bonchev–Trinajstić information content (AvgIpc) is 3.25. The van der Waals surface area contributed by atoms with E-state index in [0.29, 0.717) is 17.9 Å². The minimum atomic E-state index is -3.95. The normalized spacial score (nSPS) is 15.6. The van der Waals surface area contributed by atoms with Crippen molar-refractivity contribution in [3.05, 3.63) is 76.6 Å². The van der Waals surface area contributed by atoms with Crippen LogP contribution in [0, 0.1) is 10.1 Å². The van der Waals surface area contributed by atoms with Crippen LogP contribution in [0.3, 0.4) is 0 Å². The van der Waals surface area contributed by atoms with Gasteiger partial charge in [0.2, 0.25) is 0 Å². The number of aromatic nitrogens is 2. The number of nitro benzene ring substituents is 1. The highest BCUT2D eigenvalue weighted by Gasteiger charge is 2.19. The number of hydrogen-bond acceptors (Lipinski definition) is 6. The molecule has 0 saturated carbocycles. The van der Waals surface area contributed by atoms with E-state index < -0.39 is 20.9 Å². The molecule has 0 unspecified atom stereocenters. The highest BCUT2D eigenvalue weighted by atomic mass is 32.2. The summed E-state index contributed by atoms with van der Waals surface area (Å²) in [6.07, 6.45) is 5.02. The molecule has 0 aliphatic carbocycles. The molecule has 0 spiro atoms. The van der Waals surface area contributed by atoms with E-state index in [1.54, 1.807) is 12.1 Å². The maximum atomic E-state index is 12.9. The molecule has 1 saturated heterocycles. The molecule has 1 aliphatic heterocycles. The van der Waals surface area contributed by atoms with Gasteiger partial charge >= 0.3 is 0 Å². The van der Waals surface area contributed by atoms with Crippen molar-refractivity contribution in [2.45, 2.75) is 30.6 Å². The second-order valence-electron chi connectivity index (χ2n) is 8.12. The molecule has 1 aliphatic rings. The fourth-order valence-electron chi connectivity index (χ4n) is 3.70. The predicted molar refractivity (Wildman–Crippen MR) is 130 cm³/mol. The van der Waals surface area contributed by atoms with Crippen LogP contribution < -0.4 is 5.32 Å². The third kappa shape index (κ3) is 5.72. The number of benzene rings is 2. The number of amidine groups is 1. The molecule has 12 heteroatoms. The fraction of sp³-hybridized carbons (Fsp3) is 0.261. The first-order valence-corrected chi connectivity index (χ1v) is 12.4. The third-order valence-corrected chi connectivity index (χ3v) is 6.88. The molecule has 2 aromatic carbocycles. The number of carbonyl (C=O) groups excluding carboxylic acids is 1. The summed E-state index contributed by atoms with van der Waals surface area (Å²) in [4.78, 5) is 25.0. The number of nitrogens with one attached hydrogen (secondary N) is 1. The van der Waals surface area contributed by atoms with E-state index in [1.807, 2.05) is 11.9 Å². The van der Waals surface area contributed by atoms with Crippen molar-refractivity contribution in [1.82, 2.24) is 14.7 Å². The van der Waals surface area contributed by atoms with Crippen molar-refractivity contribution in [2.24, 2.45) is 4.40 Å². The van der Waals surface area contributed by atoms with Gasteiger partial charge in [-0.3, -0.25) is 14.9 Å². The van der Waals surface area contributed by atoms with Gasteiger partial charge < -0.3 is 10.2 Å². The summed E-state index contributed by atoms with van der Waals surface area (Å²) in [6.45, 7) is 0.757. The number of nitro groups is 1. The maximum absolute atomic E-state index is 12.9. The Kier molecular flexibility index (Phi) is 6.92. The number of likely N-dealkylation sites (tertiary alicyclic amines) is 1. The van der Waals surface area contributed by atoms with Gasteiger partial charge in [-0.25, -0.2) is 4.68 Å². The minimum absolute atomic E-state index is 0.0254. The number of rotatable bonds is 6. The summed E-state index contributed by atoms with van der Waals surface area (Å²) < 4.78 is 31.2. The molecule has 4 rings (SSSR count). The van der Waals surface area contributed by atoms with Gasteiger partial charge in [0.1, 0.15) is 5.84 Å². The van der Waals surface area contributed by atoms with Crippen LogP contribution in [0.25, 0.3) is 5.69 Å². The second kappa shape index (κ2) is 10.1. The van der Waals surface area contributed by atoms with E-state index in [1.165, 1.54) is 53.3 Å². The summed E-state index contributed by atoms with van der Waals surface area (Å²) in [6, 6.07) is 13.2. The molecule has 1 amide bonds. The van der Waals surface area contributed by atoms with Gasteiger partial charge in [-0.15, -0.1) is 4.40 Å². The van der Waals surface area contributed by atoms with Gasteiger partial charge in [-0.1, -0.05) is 18.6 Å². The lowest BCUT2D eigenvalue weighted by molar-refractivity contribution is -0.384. The van der Waals surface area contributed by atoms with Crippen molar-refractivity contribution in [2.75, 3.05) is 18.9 Å². The van der Waals surface area contributed by atoms with Crippen LogP contribution in [0.1, 0.15) is 36.2 Å². The summed E-state index contributed by atoms with van der Waals surface area (Å²) in [5.74, 6) is -0.0258. The Bertz CT molecular complexity index is 1400. The van der Waals surface area contributed by atoms with Crippen LogP contribution in [-0.2, 0) is 10.0 Å². The van der Waals surface area contributed by atoms with Gasteiger partial charge in [0.25, 0.3) is 21.6 Å². The predicted octanol–water partition coefficient (Wildman–Crippen LogP) is 3.63. The Morgan fingerprint density at radius 3 is 2.71 bits per heavy atom. The summed E-state index contributed by atoms with van der Waals surface area (Å²) in [7, 11) is -2.12. The molecule has 0 radical (unpaired) electrons. The number of anilines is 1. The summed E-state index contributed by atoms with van der Waals surface area (Å²) >= 11 is 0. The number of hydrogen-bond donors (Lipinski definition) is 1. The number of sulfonamides is 1. The number of nitrogens with zero attached hydrogens (tertiary/aromatic N) is 5. The third-order valence-electron chi connectivity index (χ3n) is 5.58. The van der Waals surface area contributed by atoms with Crippen molar-refractivity contribution in [1.29, 1.82) is 0 Å². The molecule has 1 N–H and O–H groups in total. The van der Waals surface area contributed by atoms with Crippen molar-refractivity contribution >= 4 is 33.1 Å². The number of non-ortho nitro benzene ring substituents is 1. The van der Waals surface area contributed by atoms with Crippen molar-refractivity contribution in [3.63, 3.8) is 0 Å². The molecule has 0 bridgehead atoms. The molecule has 3 aromatic rings. The second-order valence-corrected chi connectivity index (χ2v) is 9.72. The Balaban J connectivity index is 1.52. The lowest BCUT2D eigenvalue weighted by atomic mass is 10.2. The van der Waals surface area contributed by atoms with Crippen LogP contribution in [0.5, 0.6) is 0 Å². The largest absolute Gasteiger partial charge is 0.362 e. The molecular formula is C23H24N6O5S. The zero-order valence-electron chi connectivity index (χ0n) is 19.0. The number of carbonyl (C=O) groups is 1. The Hall–Kier alpha value is -4.06. The molecule has 11 nitrogen and oxygen atoms in total. The van der Waals surface area contributed by atoms with Gasteiger partial charge in [-0.2, -0.15) is 13.5 Å². The van der Waals surface area contributed by atoms with Crippen molar-refractivity contribution in [3.8, 4) is 5.69 Å².